The number of esters is 1. The van der Waals surface area contributed by atoms with Gasteiger partial charge in [-0.05, 0) is 20.8 Å². The van der Waals surface area contributed by atoms with Crippen molar-refractivity contribution in [3.63, 3.8) is 0 Å². The summed E-state index contributed by atoms with van der Waals surface area (Å²) >= 11 is 0. The number of nitrogens with one attached hydrogen (secondary N) is 1. The van der Waals surface area contributed by atoms with Crippen LogP contribution >= 0.6 is 0 Å². The van der Waals surface area contributed by atoms with Gasteiger partial charge in [0.2, 0.25) is 5.91 Å². The van der Waals surface area contributed by atoms with Crippen molar-refractivity contribution in [2.24, 2.45) is 10.9 Å². The number of aliphatic imine (C=N–C) groups is 1. The van der Waals surface area contributed by atoms with Crippen LogP contribution in [0.25, 0.3) is 0 Å². The molecule has 1 heterocycles. The average Bonchev–Trinajstić information content (AvgIpc) is 2.45. The van der Waals surface area contributed by atoms with E-state index in [9.17, 15) is 9.59 Å². The summed E-state index contributed by atoms with van der Waals surface area (Å²) in [6, 6.07) is 0. The van der Waals surface area contributed by atoms with Gasteiger partial charge in [-0.1, -0.05) is 13.8 Å². The second kappa shape index (κ2) is 8.17. The van der Waals surface area contributed by atoms with Gasteiger partial charge in [0.1, 0.15) is 12.1 Å². The van der Waals surface area contributed by atoms with Crippen molar-refractivity contribution < 1.29 is 14.3 Å². The Kier molecular flexibility index (Phi) is 6.84. The van der Waals surface area contributed by atoms with Crippen LogP contribution in [0.1, 0.15) is 34.6 Å². The SMILES string of the molecule is CN=C(NCC(=O)OC(C)(C)C)N1CCN(C(=O)C(C)C)CC1. The van der Waals surface area contributed by atoms with Crippen molar-refractivity contribution in [3.05, 3.63) is 0 Å². The van der Waals surface area contributed by atoms with E-state index in [1.807, 2.05) is 39.5 Å². The zero-order valence-corrected chi connectivity index (χ0v) is 15.2. The van der Waals surface area contributed by atoms with E-state index in [0.717, 1.165) is 0 Å². The fourth-order valence-corrected chi connectivity index (χ4v) is 2.36. The Hall–Kier alpha value is -1.79. The van der Waals surface area contributed by atoms with Crippen LogP contribution in [0.3, 0.4) is 0 Å². The largest absolute Gasteiger partial charge is 0.459 e. The minimum atomic E-state index is -0.495. The van der Waals surface area contributed by atoms with Gasteiger partial charge >= 0.3 is 5.97 Å². The van der Waals surface area contributed by atoms with Crippen LogP contribution in [0.4, 0.5) is 0 Å². The molecule has 1 amide bonds. The molecule has 0 radical (unpaired) electrons. The van der Waals surface area contributed by atoms with Crippen LogP contribution in [0, 0.1) is 5.92 Å². The Morgan fingerprint density at radius 1 is 1.13 bits per heavy atom. The molecule has 0 bridgehead atoms. The van der Waals surface area contributed by atoms with E-state index in [2.05, 4.69) is 15.2 Å². The molecule has 1 N–H and O–H groups in total. The molecule has 1 aliphatic heterocycles. The Bertz CT molecular complexity index is 447. The third kappa shape index (κ3) is 6.46. The second-order valence-corrected chi connectivity index (χ2v) is 6.95. The minimum absolute atomic E-state index is 0.0196. The molecule has 0 atom stereocenters. The number of guanidine groups is 1. The standard InChI is InChI=1S/C16H30N4O3/c1-12(2)14(22)19-7-9-20(10-8-19)15(17-6)18-11-13(21)23-16(3,4)5/h12H,7-11H2,1-6H3,(H,17,18). The van der Waals surface area contributed by atoms with Gasteiger partial charge in [0.05, 0.1) is 0 Å². The lowest BCUT2D eigenvalue weighted by Crippen LogP contribution is -2.55. The highest BCUT2D eigenvalue weighted by Crippen LogP contribution is 2.08. The van der Waals surface area contributed by atoms with Crippen LogP contribution in [-0.4, -0.2) is 73.0 Å². The summed E-state index contributed by atoms with van der Waals surface area (Å²) in [5.41, 5.74) is -0.495. The van der Waals surface area contributed by atoms with Crippen LogP contribution < -0.4 is 5.32 Å². The monoisotopic (exact) mass is 326 g/mol. The molecule has 0 aliphatic carbocycles. The van der Waals surface area contributed by atoms with E-state index in [1.165, 1.54) is 0 Å². The summed E-state index contributed by atoms with van der Waals surface area (Å²) in [5, 5.41) is 3.03. The molecule has 0 saturated carbocycles. The van der Waals surface area contributed by atoms with Gasteiger partial charge in [0.15, 0.2) is 5.96 Å². The molecule has 0 unspecified atom stereocenters. The van der Waals surface area contributed by atoms with Gasteiger partial charge in [-0.2, -0.15) is 0 Å². The molecule has 7 nitrogen and oxygen atoms in total. The first-order valence-electron chi connectivity index (χ1n) is 8.10. The summed E-state index contributed by atoms with van der Waals surface area (Å²) in [4.78, 5) is 31.9. The highest BCUT2D eigenvalue weighted by molar-refractivity contribution is 5.85. The summed E-state index contributed by atoms with van der Waals surface area (Å²) in [6.07, 6.45) is 0. The van der Waals surface area contributed by atoms with Crippen molar-refractivity contribution in [2.75, 3.05) is 39.8 Å². The van der Waals surface area contributed by atoms with E-state index in [1.54, 1.807) is 7.05 Å². The molecule has 1 fully saturated rings. The molecule has 23 heavy (non-hydrogen) atoms. The molecule has 132 valence electrons. The average molecular weight is 326 g/mol. The first-order valence-corrected chi connectivity index (χ1v) is 8.10. The van der Waals surface area contributed by atoms with Gasteiger partial charge in [-0.3, -0.25) is 14.6 Å². The van der Waals surface area contributed by atoms with Gasteiger partial charge in [-0.25, -0.2) is 0 Å². The van der Waals surface area contributed by atoms with Crippen LogP contribution in [-0.2, 0) is 14.3 Å². The van der Waals surface area contributed by atoms with Crippen molar-refractivity contribution >= 4 is 17.8 Å². The number of rotatable bonds is 3. The fourth-order valence-electron chi connectivity index (χ4n) is 2.36. The number of piperazine rings is 1. The molecule has 0 aromatic carbocycles. The van der Waals surface area contributed by atoms with Crippen LogP contribution in [0.5, 0.6) is 0 Å². The molecule has 0 spiro atoms. The number of amides is 1. The van der Waals surface area contributed by atoms with E-state index < -0.39 is 5.60 Å². The lowest BCUT2D eigenvalue weighted by Gasteiger charge is -2.37. The predicted octanol–water partition coefficient (Wildman–Crippen LogP) is 0.704. The van der Waals surface area contributed by atoms with Crippen molar-refractivity contribution in [1.82, 2.24) is 15.1 Å². The maximum absolute atomic E-state index is 12.0. The van der Waals surface area contributed by atoms with Gasteiger partial charge in [-0.15, -0.1) is 0 Å². The molecular weight excluding hydrogens is 296 g/mol. The third-order valence-corrected chi connectivity index (χ3v) is 3.41. The Balaban J connectivity index is 2.46. The second-order valence-electron chi connectivity index (χ2n) is 6.95. The molecule has 0 aromatic rings. The van der Waals surface area contributed by atoms with Crippen molar-refractivity contribution in [3.8, 4) is 0 Å². The Labute approximate surface area is 139 Å². The lowest BCUT2D eigenvalue weighted by atomic mass is 10.1. The number of carbonyl (C=O) groups is 2. The van der Waals surface area contributed by atoms with Gasteiger partial charge in [0.25, 0.3) is 0 Å². The smallest absolute Gasteiger partial charge is 0.325 e. The van der Waals surface area contributed by atoms with Gasteiger partial charge < -0.3 is 19.9 Å². The van der Waals surface area contributed by atoms with Crippen molar-refractivity contribution in [2.45, 2.75) is 40.2 Å². The van der Waals surface area contributed by atoms with Crippen molar-refractivity contribution in [1.29, 1.82) is 0 Å². The first-order chi connectivity index (χ1) is 10.6. The zero-order chi connectivity index (χ0) is 17.6. The fraction of sp³-hybridized carbons (Fsp3) is 0.812. The third-order valence-electron chi connectivity index (χ3n) is 3.41. The van der Waals surface area contributed by atoms with E-state index >= 15 is 0 Å². The van der Waals surface area contributed by atoms with Crippen LogP contribution in [0.2, 0.25) is 0 Å². The normalized spacial score (nSPS) is 16.6. The number of carbonyl (C=O) groups excluding carboxylic acids is 2. The number of hydrogen-bond acceptors (Lipinski definition) is 4. The van der Waals surface area contributed by atoms with Gasteiger partial charge in [0, 0.05) is 39.1 Å². The molecule has 0 aromatic heterocycles. The molecular formula is C16H30N4O3. The predicted molar refractivity (Wildman–Crippen MR) is 90.2 cm³/mol. The lowest BCUT2D eigenvalue weighted by molar-refractivity contribution is -0.153. The van der Waals surface area contributed by atoms with Crippen LogP contribution in [0.15, 0.2) is 4.99 Å². The molecule has 7 heteroatoms. The van der Waals surface area contributed by atoms with E-state index in [4.69, 9.17) is 4.74 Å². The quantitative estimate of drug-likeness (QED) is 0.469. The number of nitrogens with zero attached hydrogens (tertiary/aromatic N) is 3. The van der Waals surface area contributed by atoms with E-state index in [-0.39, 0.29) is 24.3 Å². The molecule has 1 rings (SSSR count). The summed E-state index contributed by atoms with van der Waals surface area (Å²) in [6.45, 7) is 12.2. The number of ether oxygens (including phenoxy) is 1. The Morgan fingerprint density at radius 3 is 2.09 bits per heavy atom. The maximum atomic E-state index is 12.0. The molecule has 1 aliphatic rings. The first kappa shape index (κ1) is 19.3. The zero-order valence-electron chi connectivity index (χ0n) is 15.2. The highest BCUT2D eigenvalue weighted by Gasteiger charge is 2.25. The minimum Gasteiger partial charge on any atom is -0.459 e. The summed E-state index contributed by atoms with van der Waals surface area (Å²) in [5.74, 6) is 0.548. The topological polar surface area (TPSA) is 74.2 Å². The summed E-state index contributed by atoms with van der Waals surface area (Å²) < 4.78 is 5.27. The molecule has 1 saturated heterocycles. The summed E-state index contributed by atoms with van der Waals surface area (Å²) in [7, 11) is 1.68. The number of hydrogen-bond donors (Lipinski definition) is 1. The maximum Gasteiger partial charge on any atom is 0.325 e. The highest BCUT2D eigenvalue weighted by atomic mass is 16.6. The van der Waals surface area contributed by atoms with E-state index in [0.29, 0.717) is 32.1 Å². The Morgan fingerprint density at radius 2 is 1.65 bits per heavy atom.